The summed E-state index contributed by atoms with van der Waals surface area (Å²) >= 11 is 0. The van der Waals surface area contributed by atoms with Crippen molar-refractivity contribution in [1.29, 1.82) is 0 Å². The summed E-state index contributed by atoms with van der Waals surface area (Å²) in [5, 5.41) is 0. The number of amides is 1. The van der Waals surface area contributed by atoms with Crippen molar-refractivity contribution < 1.29 is 14.3 Å². The van der Waals surface area contributed by atoms with Crippen LogP contribution >= 0.6 is 0 Å². The van der Waals surface area contributed by atoms with Gasteiger partial charge in [-0.2, -0.15) is 0 Å². The molecule has 1 amide bonds. The normalized spacial score (nSPS) is 30.9. The summed E-state index contributed by atoms with van der Waals surface area (Å²) in [6.45, 7) is 7.02. The van der Waals surface area contributed by atoms with Gasteiger partial charge in [-0.3, -0.25) is 0 Å². The van der Waals surface area contributed by atoms with Crippen LogP contribution < -0.4 is 0 Å². The summed E-state index contributed by atoms with van der Waals surface area (Å²) < 4.78 is 10.7. The zero-order valence-corrected chi connectivity index (χ0v) is 8.95. The number of morpholine rings is 1. The van der Waals surface area contributed by atoms with Gasteiger partial charge in [-0.25, -0.2) is 4.79 Å². The average Bonchev–Trinajstić information content (AvgIpc) is 2.59. The predicted octanol–water partition coefficient (Wildman–Crippen LogP) is 1.39. The van der Waals surface area contributed by atoms with Gasteiger partial charge in [0, 0.05) is 0 Å². The SMILES string of the molecule is CC(C)(C)OC(=O)N1C[C@H]2C[C@@H]1CO2. The van der Waals surface area contributed by atoms with Gasteiger partial charge < -0.3 is 14.4 Å². The number of hydrogen-bond acceptors (Lipinski definition) is 3. The molecule has 2 aliphatic rings. The molecule has 0 unspecified atom stereocenters. The summed E-state index contributed by atoms with van der Waals surface area (Å²) in [7, 11) is 0. The first-order valence-corrected chi connectivity index (χ1v) is 5.07. The Bertz CT molecular complexity index is 246. The fourth-order valence-electron chi connectivity index (χ4n) is 1.94. The highest BCUT2D eigenvalue weighted by Gasteiger charge is 2.42. The second kappa shape index (κ2) is 3.12. The molecule has 4 heteroatoms. The zero-order chi connectivity index (χ0) is 10.3. The molecule has 2 bridgehead atoms. The first-order valence-electron chi connectivity index (χ1n) is 5.07. The molecule has 0 aliphatic carbocycles. The third-order valence-electron chi connectivity index (χ3n) is 2.53. The molecule has 0 aromatic heterocycles. The van der Waals surface area contributed by atoms with Crippen LogP contribution in [0.5, 0.6) is 0 Å². The summed E-state index contributed by atoms with van der Waals surface area (Å²) in [5.74, 6) is 0. The highest BCUT2D eigenvalue weighted by molar-refractivity contribution is 5.69. The Morgan fingerprint density at radius 2 is 2.21 bits per heavy atom. The minimum Gasteiger partial charge on any atom is -0.444 e. The predicted molar refractivity (Wildman–Crippen MR) is 51.1 cm³/mol. The molecule has 80 valence electrons. The van der Waals surface area contributed by atoms with Crippen LogP contribution in [0.3, 0.4) is 0 Å². The number of carbonyl (C=O) groups is 1. The molecule has 4 nitrogen and oxygen atoms in total. The molecule has 2 heterocycles. The maximum Gasteiger partial charge on any atom is 0.410 e. The van der Waals surface area contributed by atoms with Crippen LogP contribution in [-0.2, 0) is 9.47 Å². The van der Waals surface area contributed by atoms with E-state index in [0.29, 0.717) is 13.2 Å². The second-order valence-electron chi connectivity index (χ2n) is 4.98. The molecule has 2 saturated heterocycles. The highest BCUT2D eigenvalue weighted by Crippen LogP contribution is 2.28. The topological polar surface area (TPSA) is 38.8 Å². The molecule has 2 atom stereocenters. The number of hydrogen-bond donors (Lipinski definition) is 0. The van der Waals surface area contributed by atoms with Crippen molar-refractivity contribution in [2.75, 3.05) is 13.2 Å². The van der Waals surface area contributed by atoms with E-state index in [4.69, 9.17) is 9.47 Å². The third kappa shape index (κ3) is 1.85. The van der Waals surface area contributed by atoms with E-state index >= 15 is 0 Å². The first-order chi connectivity index (χ1) is 6.46. The van der Waals surface area contributed by atoms with E-state index in [1.54, 1.807) is 4.90 Å². The van der Waals surface area contributed by atoms with Crippen molar-refractivity contribution in [3.8, 4) is 0 Å². The lowest BCUT2D eigenvalue weighted by Crippen LogP contribution is -2.44. The van der Waals surface area contributed by atoms with E-state index < -0.39 is 5.60 Å². The lowest BCUT2D eigenvalue weighted by molar-refractivity contribution is -0.00882. The summed E-state index contributed by atoms with van der Waals surface area (Å²) in [4.78, 5) is 13.5. The van der Waals surface area contributed by atoms with E-state index in [1.807, 2.05) is 20.8 Å². The third-order valence-corrected chi connectivity index (χ3v) is 2.53. The van der Waals surface area contributed by atoms with Crippen LogP contribution in [0.2, 0.25) is 0 Å². The smallest absolute Gasteiger partial charge is 0.410 e. The van der Waals surface area contributed by atoms with Gasteiger partial charge >= 0.3 is 6.09 Å². The number of nitrogens with zero attached hydrogens (tertiary/aromatic N) is 1. The van der Waals surface area contributed by atoms with Gasteiger partial charge in [-0.1, -0.05) is 0 Å². The van der Waals surface area contributed by atoms with Crippen molar-refractivity contribution >= 4 is 6.09 Å². The molecule has 0 saturated carbocycles. The van der Waals surface area contributed by atoms with E-state index in [2.05, 4.69) is 0 Å². The van der Waals surface area contributed by atoms with Crippen molar-refractivity contribution in [3.63, 3.8) is 0 Å². The van der Waals surface area contributed by atoms with Crippen LogP contribution in [0, 0.1) is 0 Å². The molecular weight excluding hydrogens is 182 g/mol. The number of likely N-dealkylation sites (tertiary alicyclic amines) is 1. The minimum absolute atomic E-state index is 0.201. The monoisotopic (exact) mass is 199 g/mol. The molecule has 0 N–H and O–H groups in total. The first kappa shape index (κ1) is 9.77. The van der Waals surface area contributed by atoms with Crippen LogP contribution in [0.1, 0.15) is 27.2 Å². The summed E-state index contributed by atoms with van der Waals surface area (Å²) in [6.07, 6.45) is 1.01. The molecule has 0 aromatic rings. The molecule has 2 rings (SSSR count). The minimum atomic E-state index is -0.403. The molecule has 0 aromatic carbocycles. The summed E-state index contributed by atoms with van der Waals surface area (Å²) in [6, 6.07) is 0.245. The van der Waals surface area contributed by atoms with Gasteiger partial charge in [0.25, 0.3) is 0 Å². The van der Waals surface area contributed by atoms with Crippen molar-refractivity contribution in [1.82, 2.24) is 4.90 Å². The second-order valence-corrected chi connectivity index (χ2v) is 4.98. The largest absolute Gasteiger partial charge is 0.444 e. The fraction of sp³-hybridized carbons (Fsp3) is 0.900. The zero-order valence-electron chi connectivity index (χ0n) is 8.95. The Kier molecular flexibility index (Phi) is 2.18. The van der Waals surface area contributed by atoms with Gasteiger partial charge in [0.15, 0.2) is 0 Å². The molecule has 14 heavy (non-hydrogen) atoms. The Labute approximate surface area is 84.2 Å². The van der Waals surface area contributed by atoms with Gasteiger partial charge in [0.1, 0.15) is 5.60 Å². The number of ether oxygens (including phenoxy) is 2. The molecule has 2 fully saturated rings. The van der Waals surface area contributed by atoms with Gasteiger partial charge in [-0.05, 0) is 27.2 Å². The van der Waals surface area contributed by atoms with Gasteiger partial charge in [0.2, 0.25) is 0 Å². The highest BCUT2D eigenvalue weighted by atomic mass is 16.6. The van der Waals surface area contributed by atoms with Crippen molar-refractivity contribution in [2.24, 2.45) is 0 Å². The lowest BCUT2D eigenvalue weighted by Gasteiger charge is -2.29. The van der Waals surface area contributed by atoms with E-state index in [-0.39, 0.29) is 18.2 Å². The van der Waals surface area contributed by atoms with E-state index in [0.717, 1.165) is 6.42 Å². The fourth-order valence-corrected chi connectivity index (χ4v) is 1.94. The van der Waals surface area contributed by atoms with Crippen LogP contribution in [0.15, 0.2) is 0 Å². The Balaban J connectivity index is 1.93. The van der Waals surface area contributed by atoms with E-state index in [1.165, 1.54) is 0 Å². The van der Waals surface area contributed by atoms with Crippen molar-refractivity contribution in [2.45, 2.75) is 44.9 Å². The molecule has 2 aliphatic heterocycles. The maximum atomic E-state index is 11.7. The van der Waals surface area contributed by atoms with Crippen LogP contribution in [0.4, 0.5) is 4.79 Å². The number of carbonyl (C=O) groups excluding carboxylic acids is 1. The average molecular weight is 199 g/mol. The molecule has 0 spiro atoms. The number of fused-ring (bicyclic) bond motifs is 2. The Morgan fingerprint density at radius 1 is 1.50 bits per heavy atom. The quantitative estimate of drug-likeness (QED) is 0.592. The molecule has 0 radical (unpaired) electrons. The van der Waals surface area contributed by atoms with Crippen molar-refractivity contribution in [3.05, 3.63) is 0 Å². The van der Waals surface area contributed by atoms with Crippen LogP contribution in [0.25, 0.3) is 0 Å². The van der Waals surface area contributed by atoms with E-state index in [9.17, 15) is 4.79 Å². The molecular formula is C10H17NO3. The van der Waals surface area contributed by atoms with Crippen LogP contribution in [-0.4, -0.2) is 41.9 Å². The lowest BCUT2D eigenvalue weighted by atomic mass is 10.2. The number of rotatable bonds is 0. The van der Waals surface area contributed by atoms with Gasteiger partial charge in [0.05, 0.1) is 25.3 Å². The maximum absolute atomic E-state index is 11.7. The van der Waals surface area contributed by atoms with Gasteiger partial charge in [-0.15, -0.1) is 0 Å². The Morgan fingerprint density at radius 3 is 2.64 bits per heavy atom. The Hall–Kier alpha value is -0.770. The standard InChI is InChI=1S/C10H17NO3/c1-10(2,3)14-9(12)11-5-8-4-7(11)6-13-8/h7-8H,4-6H2,1-3H3/t7-,8-/m1/s1. The summed E-state index contributed by atoms with van der Waals surface area (Å²) in [5.41, 5.74) is -0.403.